The predicted octanol–water partition coefficient (Wildman–Crippen LogP) is 3.10. The van der Waals surface area contributed by atoms with Crippen molar-refractivity contribution in [2.24, 2.45) is 0 Å². The Balaban J connectivity index is 2.24. The number of thioether (sulfide) groups is 1. The monoisotopic (exact) mass is 293 g/mol. The quantitative estimate of drug-likeness (QED) is 0.855. The van der Waals surface area contributed by atoms with E-state index in [-0.39, 0.29) is 5.91 Å². The second-order valence-electron chi connectivity index (χ2n) is 4.50. The molecule has 0 saturated carbocycles. The Morgan fingerprint density at radius 3 is 3.05 bits per heavy atom. The molecule has 0 saturated heterocycles. The van der Waals surface area contributed by atoms with Crippen molar-refractivity contribution in [3.8, 4) is 10.6 Å². The van der Waals surface area contributed by atoms with Gasteiger partial charge in [0.1, 0.15) is 0 Å². The molecule has 19 heavy (non-hydrogen) atoms. The van der Waals surface area contributed by atoms with Gasteiger partial charge in [-0.05, 0) is 24.3 Å². The Labute approximate surface area is 120 Å². The second-order valence-corrected chi connectivity index (χ2v) is 6.59. The summed E-state index contributed by atoms with van der Waals surface area (Å²) in [5, 5.41) is 10.0. The summed E-state index contributed by atoms with van der Waals surface area (Å²) in [6, 6.07) is 1.97. The summed E-state index contributed by atoms with van der Waals surface area (Å²) >= 11 is 3.33. The van der Waals surface area contributed by atoms with Crippen molar-refractivity contribution in [1.29, 1.82) is 0 Å². The first-order chi connectivity index (χ1) is 9.26. The topological polar surface area (TPSA) is 57.8 Å². The van der Waals surface area contributed by atoms with E-state index in [1.165, 1.54) is 10.4 Å². The SMILES string of the molecule is CCC1CNC(=O)c2c(SC)sc(-c3ccn[nH]3)c21. The van der Waals surface area contributed by atoms with E-state index in [1.807, 2.05) is 12.3 Å². The first-order valence-corrected chi connectivity index (χ1v) is 8.29. The zero-order valence-electron chi connectivity index (χ0n) is 10.8. The lowest BCUT2D eigenvalue weighted by Crippen LogP contribution is -2.34. The highest BCUT2D eigenvalue weighted by atomic mass is 32.2. The molecule has 1 unspecified atom stereocenters. The van der Waals surface area contributed by atoms with Gasteiger partial charge in [-0.3, -0.25) is 9.89 Å². The van der Waals surface area contributed by atoms with E-state index in [0.717, 1.165) is 28.4 Å². The molecule has 4 nitrogen and oxygen atoms in total. The van der Waals surface area contributed by atoms with E-state index in [4.69, 9.17) is 0 Å². The number of carbonyl (C=O) groups is 1. The van der Waals surface area contributed by atoms with E-state index in [1.54, 1.807) is 29.3 Å². The summed E-state index contributed by atoms with van der Waals surface area (Å²) in [4.78, 5) is 13.3. The van der Waals surface area contributed by atoms with Crippen molar-refractivity contribution < 1.29 is 4.79 Å². The van der Waals surface area contributed by atoms with Gasteiger partial charge in [0.15, 0.2) is 0 Å². The average molecular weight is 293 g/mol. The number of hydrogen-bond donors (Lipinski definition) is 2. The van der Waals surface area contributed by atoms with E-state index in [2.05, 4.69) is 22.4 Å². The van der Waals surface area contributed by atoms with Gasteiger partial charge < -0.3 is 5.32 Å². The highest BCUT2D eigenvalue weighted by molar-refractivity contribution is 8.00. The number of fused-ring (bicyclic) bond motifs is 1. The number of thiophene rings is 1. The summed E-state index contributed by atoms with van der Waals surface area (Å²) in [5.74, 6) is 0.453. The van der Waals surface area contributed by atoms with Gasteiger partial charge in [0.25, 0.3) is 5.91 Å². The van der Waals surface area contributed by atoms with Gasteiger partial charge in [-0.15, -0.1) is 23.1 Å². The van der Waals surface area contributed by atoms with Gasteiger partial charge >= 0.3 is 0 Å². The number of aromatic amines is 1. The standard InChI is InChI=1S/C13H15N3OS2/c1-3-7-6-14-12(17)10-9(7)11(19-13(10)18-2)8-4-5-15-16-8/h4-5,7H,3,6H2,1-2H3,(H,14,17)(H,15,16). The maximum absolute atomic E-state index is 12.2. The molecular formula is C13H15N3OS2. The lowest BCUT2D eigenvalue weighted by molar-refractivity contribution is 0.0937. The van der Waals surface area contributed by atoms with E-state index >= 15 is 0 Å². The number of nitrogens with zero attached hydrogens (tertiary/aromatic N) is 1. The Morgan fingerprint density at radius 1 is 1.58 bits per heavy atom. The third kappa shape index (κ3) is 1.99. The zero-order valence-corrected chi connectivity index (χ0v) is 12.5. The van der Waals surface area contributed by atoms with Crippen molar-refractivity contribution in [2.45, 2.75) is 23.5 Å². The maximum Gasteiger partial charge on any atom is 0.253 e. The number of nitrogens with one attached hydrogen (secondary N) is 2. The summed E-state index contributed by atoms with van der Waals surface area (Å²) in [6.07, 6.45) is 4.80. The van der Waals surface area contributed by atoms with Gasteiger partial charge in [-0.25, -0.2) is 0 Å². The molecule has 1 atom stereocenters. The van der Waals surface area contributed by atoms with Crippen LogP contribution in [0.4, 0.5) is 0 Å². The summed E-state index contributed by atoms with van der Waals surface area (Å²) in [6.45, 7) is 2.90. The molecule has 3 rings (SSSR count). The molecule has 0 fully saturated rings. The molecule has 1 aliphatic rings. The molecule has 1 amide bonds. The van der Waals surface area contributed by atoms with Crippen molar-refractivity contribution in [3.63, 3.8) is 0 Å². The Hall–Kier alpha value is -1.27. The van der Waals surface area contributed by atoms with Gasteiger partial charge in [-0.1, -0.05) is 6.92 Å². The highest BCUT2D eigenvalue weighted by Crippen LogP contribution is 2.45. The van der Waals surface area contributed by atoms with Crippen LogP contribution in [0.15, 0.2) is 16.5 Å². The number of rotatable bonds is 3. The lowest BCUT2D eigenvalue weighted by atomic mass is 9.89. The number of aromatic nitrogens is 2. The molecular weight excluding hydrogens is 278 g/mol. The molecule has 1 aliphatic heterocycles. The minimum Gasteiger partial charge on any atom is -0.351 e. The molecule has 3 heterocycles. The van der Waals surface area contributed by atoms with Crippen LogP contribution in [0.1, 0.15) is 35.2 Å². The predicted molar refractivity (Wildman–Crippen MR) is 79.0 cm³/mol. The van der Waals surface area contributed by atoms with Crippen LogP contribution in [0.25, 0.3) is 10.6 Å². The molecule has 0 spiro atoms. The maximum atomic E-state index is 12.2. The molecule has 6 heteroatoms. The van der Waals surface area contributed by atoms with Crippen LogP contribution in [0.5, 0.6) is 0 Å². The lowest BCUT2D eigenvalue weighted by Gasteiger charge is -2.23. The first-order valence-electron chi connectivity index (χ1n) is 6.24. The smallest absolute Gasteiger partial charge is 0.253 e. The summed E-state index contributed by atoms with van der Waals surface area (Å²) in [7, 11) is 0. The molecule has 2 aromatic heterocycles. The normalized spacial score (nSPS) is 18.2. The minimum absolute atomic E-state index is 0.0612. The zero-order chi connectivity index (χ0) is 13.4. The van der Waals surface area contributed by atoms with Gasteiger partial charge in [-0.2, -0.15) is 5.10 Å². The third-order valence-electron chi connectivity index (χ3n) is 3.48. The largest absolute Gasteiger partial charge is 0.351 e. The van der Waals surface area contributed by atoms with Crippen molar-refractivity contribution in [1.82, 2.24) is 15.5 Å². The molecule has 2 aromatic rings. The molecule has 0 bridgehead atoms. The number of amides is 1. The van der Waals surface area contributed by atoms with Crippen molar-refractivity contribution in [2.75, 3.05) is 12.8 Å². The van der Waals surface area contributed by atoms with Crippen LogP contribution >= 0.6 is 23.1 Å². The van der Waals surface area contributed by atoms with Crippen LogP contribution in [0, 0.1) is 0 Å². The molecule has 100 valence electrons. The number of hydrogen-bond acceptors (Lipinski definition) is 4. The number of H-pyrrole nitrogens is 1. The van der Waals surface area contributed by atoms with E-state index < -0.39 is 0 Å². The Bertz CT molecular complexity index is 604. The van der Waals surface area contributed by atoms with Gasteiger partial charge in [0.2, 0.25) is 0 Å². The average Bonchev–Trinajstić information content (AvgIpc) is 3.06. The van der Waals surface area contributed by atoms with Crippen LogP contribution in [0.3, 0.4) is 0 Å². The molecule has 2 N–H and O–H groups in total. The third-order valence-corrected chi connectivity index (χ3v) is 5.84. The second kappa shape index (κ2) is 5.02. The number of carbonyl (C=O) groups excluding carboxylic acids is 1. The Kier molecular flexibility index (Phi) is 3.36. The van der Waals surface area contributed by atoms with Crippen LogP contribution in [-0.4, -0.2) is 28.9 Å². The minimum atomic E-state index is 0.0612. The fourth-order valence-corrected chi connectivity index (χ4v) is 4.59. The van der Waals surface area contributed by atoms with Crippen molar-refractivity contribution >= 4 is 29.0 Å². The van der Waals surface area contributed by atoms with Crippen LogP contribution in [0.2, 0.25) is 0 Å². The first kappa shape index (κ1) is 12.7. The van der Waals surface area contributed by atoms with Gasteiger partial charge in [0, 0.05) is 18.7 Å². The highest BCUT2D eigenvalue weighted by Gasteiger charge is 2.32. The molecule has 0 aliphatic carbocycles. The van der Waals surface area contributed by atoms with Crippen molar-refractivity contribution in [3.05, 3.63) is 23.4 Å². The van der Waals surface area contributed by atoms with E-state index in [0.29, 0.717) is 5.92 Å². The fourth-order valence-electron chi connectivity index (χ4n) is 2.51. The fraction of sp³-hybridized carbons (Fsp3) is 0.385. The van der Waals surface area contributed by atoms with Crippen LogP contribution in [-0.2, 0) is 0 Å². The molecule has 0 radical (unpaired) electrons. The van der Waals surface area contributed by atoms with E-state index in [9.17, 15) is 4.79 Å². The molecule has 0 aromatic carbocycles. The Morgan fingerprint density at radius 2 is 2.42 bits per heavy atom. The summed E-state index contributed by atoms with van der Waals surface area (Å²) < 4.78 is 1.09. The van der Waals surface area contributed by atoms with Gasteiger partial charge in [0.05, 0.1) is 20.3 Å². The van der Waals surface area contributed by atoms with Crippen LogP contribution < -0.4 is 5.32 Å². The summed E-state index contributed by atoms with van der Waals surface area (Å²) in [5.41, 5.74) is 3.08.